The van der Waals surface area contributed by atoms with Crippen molar-refractivity contribution in [2.24, 2.45) is 0 Å². The molecule has 2 rings (SSSR count). The molecule has 0 saturated carbocycles. The number of anilines is 1. The van der Waals surface area contributed by atoms with E-state index in [4.69, 9.17) is 0 Å². The van der Waals surface area contributed by atoms with E-state index in [1.165, 1.54) is 17.0 Å². The lowest BCUT2D eigenvalue weighted by Crippen LogP contribution is -2.27. The number of hydrogen-bond acceptors (Lipinski definition) is 3. The van der Waals surface area contributed by atoms with E-state index >= 15 is 0 Å². The fourth-order valence-electron chi connectivity index (χ4n) is 1.65. The first-order valence-electron chi connectivity index (χ1n) is 6.09. The molecule has 0 aliphatic heterocycles. The zero-order valence-electron chi connectivity index (χ0n) is 10.7. The van der Waals surface area contributed by atoms with Crippen LogP contribution >= 0.6 is 0 Å². The summed E-state index contributed by atoms with van der Waals surface area (Å²) in [7, 11) is 0. The van der Waals surface area contributed by atoms with Gasteiger partial charge in [-0.1, -0.05) is 25.1 Å². The van der Waals surface area contributed by atoms with Crippen molar-refractivity contribution in [1.82, 2.24) is 9.55 Å². The number of benzene rings is 1. The van der Waals surface area contributed by atoms with Gasteiger partial charge in [0.15, 0.2) is 0 Å². The minimum atomic E-state index is -0.251. The second-order valence-electron chi connectivity index (χ2n) is 4.11. The Labute approximate surface area is 110 Å². The average Bonchev–Trinajstić information content (AvgIpc) is 2.42. The maximum absolute atomic E-state index is 11.8. The molecule has 0 bridgehead atoms. The monoisotopic (exact) mass is 257 g/mol. The van der Waals surface area contributed by atoms with Gasteiger partial charge in [-0.15, -0.1) is 0 Å². The minimum Gasteiger partial charge on any atom is -0.325 e. The standard InChI is InChI=1S/C14H15N3O2/c1-2-11-8-14(19)17(10-15-11)9-13(18)16-12-6-4-3-5-7-12/h3-8,10H,2,9H2,1H3,(H,16,18). The van der Waals surface area contributed by atoms with Crippen LogP contribution in [0.25, 0.3) is 0 Å². The largest absolute Gasteiger partial charge is 0.325 e. The lowest BCUT2D eigenvalue weighted by Gasteiger charge is -2.07. The van der Waals surface area contributed by atoms with Crippen LogP contribution in [0.2, 0.25) is 0 Å². The number of aryl methyl sites for hydroxylation is 1. The fraction of sp³-hybridized carbons (Fsp3) is 0.214. The maximum Gasteiger partial charge on any atom is 0.253 e. The van der Waals surface area contributed by atoms with Crippen molar-refractivity contribution in [3.05, 3.63) is 58.8 Å². The summed E-state index contributed by atoms with van der Waals surface area (Å²) in [6.07, 6.45) is 2.11. The number of hydrogen-bond donors (Lipinski definition) is 1. The highest BCUT2D eigenvalue weighted by molar-refractivity contribution is 5.90. The lowest BCUT2D eigenvalue weighted by atomic mass is 10.3. The molecule has 0 unspecified atom stereocenters. The van der Waals surface area contributed by atoms with Crippen LogP contribution in [0.3, 0.4) is 0 Å². The van der Waals surface area contributed by atoms with Crippen LogP contribution in [-0.2, 0) is 17.8 Å². The van der Waals surface area contributed by atoms with Gasteiger partial charge in [0.05, 0.1) is 6.33 Å². The Hall–Kier alpha value is -2.43. The molecule has 0 atom stereocenters. The van der Waals surface area contributed by atoms with Gasteiger partial charge in [0.25, 0.3) is 5.56 Å². The van der Waals surface area contributed by atoms with E-state index < -0.39 is 0 Å². The molecule has 0 spiro atoms. The Morgan fingerprint density at radius 1 is 1.32 bits per heavy atom. The predicted molar refractivity (Wildman–Crippen MR) is 72.9 cm³/mol. The maximum atomic E-state index is 11.8. The summed E-state index contributed by atoms with van der Waals surface area (Å²) < 4.78 is 1.29. The number of para-hydroxylation sites is 1. The highest BCUT2D eigenvalue weighted by Gasteiger charge is 2.05. The van der Waals surface area contributed by atoms with Crippen molar-refractivity contribution in [2.45, 2.75) is 19.9 Å². The van der Waals surface area contributed by atoms with Gasteiger partial charge in [-0.05, 0) is 18.6 Å². The molecule has 0 saturated heterocycles. The highest BCUT2D eigenvalue weighted by atomic mass is 16.2. The minimum absolute atomic E-state index is 0.0370. The Balaban J connectivity index is 2.05. The van der Waals surface area contributed by atoms with Crippen molar-refractivity contribution in [2.75, 3.05) is 5.32 Å². The van der Waals surface area contributed by atoms with Crippen molar-refractivity contribution in [3.8, 4) is 0 Å². The van der Waals surface area contributed by atoms with Gasteiger partial charge in [0, 0.05) is 17.4 Å². The molecule has 0 fully saturated rings. The summed E-state index contributed by atoms with van der Waals surface area (Å²) in [4.78, 5) is 27.6. The molecule has 5 nitrogen and oxygen atoms in total. The van der Waals surface area contributed by atoms with Crippen LogP contribution in [0, 0.1) is 0 Å². The first kappa shape index (κ1) is 13.0. The summed E-state index contributed by atoms with van der Waals surface area (Å²) in [6.45, 7) is 1.89. The predicted octanol–water partition coefficient (Wildman–Crippen LogP) is 1.44. The smallest absolute Gasteiger partial charge is 0.253 e. The van der Waals surface area contributed by atoms with E-state index in [0.29, 0.717) is 12.1 Å². The number of nitrogens with zero attached hydrogens (tertiary/aromatic N) is 2. The molecule has 1 amide bonds. The number of aromatic nitrogens is 2. The van der Waals surface area contributed by atoms with E-state index in [0.717, 1.165) is 5.69 Å². The van der Waals surface area contributed by atoms with Crippen LogP contribution in [0.15, 0.2) is 47.5 Å². The van der Waals surface area contributed by atoms with E-state index in [9.17, 15) is 9.59 Å². The quantitative estimate of drug-likeness (QED) is 0.901. The summed E-state index contributed by atoms with van der Waals surface area (Å²) >= 11 is 0. The Bertz CT molecular complexity index is 620. The Morgan fingerprint density at radius 3 is 2.68 bits per heavy atom. The SMILES string of the molecule is CCc1cc(=O)n(CC(=O)Nc2ccccc2)cn1. The Kier molecular flexibility index (Phi) is 4.07. The highest BCUT2D eigenvalue weighted by Crippen LogP contribution is 2.04. The summed E-state index contributed by atoms with van der Waals surface area (Å²) in [5.74, 6) is -0.251. The number of rotatable bonds is 4. The van der Waals surface area contributed by atoms with Crippen molar-refractivity contribution < 1.29 is 4.79 Å². The van der Waals surface area contributed by atoms with Crippen LogP contribution < -0.4 is 10.9 Å². The molecule has 1 aromatic heterocycles. The summed E-state index contributed by atoms with van der Waals surface area (Å²) in [5.41, 5.74) is 1.22. The third-order valence-electron chi connectivity index (χ3n) is 2.67. The molecule has 0 aliphatic rings. The van der Waals surface area contributed by atoms with Gasteiger partial charge >= 0.3 is 0 Å². The zero-order valence-corrected chi connectivity index (χ0v) is 10.7. The van der Waals surface area contributed by atoms with E-state index in [2.05, 4.69) is 10.3 Å². The number of carbonyl (C=O) groups excluding carboxylic acids is 1. The molecule has 2 aromatic rings. The number of carbonyl (C=O) groups is 1. The van der Waals surface area contributed by atoms with Gasteiger partial charge in [-0.3, -0.25) is 14.2 Å². The second kappa shape index (κ2) is 5.95. The molecule has 1 N–H and O–H groups in total. The van der Waals surface area contributed by atoms with Gasteiger partial charge in [-0.25, -0.2) is 4.98 Å². The molecule has 19 heavy (non-hydrogen) atoms. The molecule has 5 heteroatoms. The van der Waals surface area contributed by atoms with Crippen molar-refractivity contribution in [1.29, 1.82) is 0 Å². The van der Waals surface area contributed by atoms with E-state index in [1.807, 2.05) is 25.1 Å². The molecule has 0 radical (unpaired) electrons. The molecule has 1 heterocycles. The number of amides is 1. The van der Waals surface area contributed by atoms with Crippen LogP contribution in [0.5, 0.6) is 0 Å². The van der Waals surface area contributed by atoms with Crippen LogP contribution in [0.1, 0.15) is 12.6 Å². The first-order chi connectivity index (χ1) is 9.19. The van der Waals surface area contributed by atoms with Gasteiger partial charge < -0.3 is 5.32 Å². The topological polar surface area (TPSA) is 64.0 Å². The zero-order chi connectivity index (χ0) is 13.7. The summed E-state index contributed by atoms with van der Waals surface area (Å²) in [5, 5.41) is 2.72. The lowest BCUT2D eigenvalue weighted by molar-refractivity contribution is -0.116. The summed E-state index contributed by atoms with van der Waals surface area (Å²) in [6, 6.07) is 10.6. The molecule has 1 aromatic carbocycles. The van der Waals surface area contributed by atoms with Crippen molar-refractivity contribution >= 4 is 11.6 Å². The third kappa shape index (κ3) is 3.51. The molecule has 0 aliphatic carbocycles. The van der Waals surface area contributed by atoms with Gasteiger partial charge in [0.1, 0.15) is 6.54 Å². The Morgan fingerprint density at radius 2 is 2.05 bits per heavy atom. The normalized spacial score (nSPS) is 10.2. The van der Waals surface area contributed by atoms with Gasteiger partial charge in [-0.2, -0.15) is 0 Å². The van der Waals surface area contributed by atoms with Crippen LogP contribution in [-0.4, -0.2) is 15.5 Å². The van der Waals surface area contributed by atoms with E-state index in [-0.39, 0.29) is 18.0 Å². The fourth-order valence-corrected chi connectivity index (χ4v) is 1.65. The van der Waals surface area contributed by atoms with Gasteiger partial charge in [0.2, 0.25) is 5.91 Å². The molecule has 98 valence electrons. The van der Waals surface area contributed by atoms with Crippen molar-refractivity contribution in [3.63, 3.8) is 0 Å². The first-order valence-corrected chi connectivity index (χ1v) is 6.09. The molecular weight excluding hydrogens is 242 g/mol. The van der Waals surface area contributed by atoms with E-state index in [1.54, 1.807) is 12.1 Å². The van der Waals surface area contributed by atoms with Crippen LogP contribution in [0.4, 0.5) is 5.69 Å². The number of nitrogens with one attached hydrogen (secondary N) is 1. The third-order valence-corrected chi connectivity index (χ3v) is 2.67. The second-order valence-corrected chi connectivity index (χ2v) is 4.11. The average molecular weight is 257 g/mol. The molecular formula is C14H15N3O2.